The largest absolute Gasteiger partial charge is 0.452 e. The average molecular weight is 323 g/mol. The zero-order valence-electron chi connectivity index (χ0n) is 14.4. The van der Waals surface area contributed by atoms with Gasteiger partial charge in [0.25, 0.3) is 5.91 Å². The van der Waals surface area contributed by atoms with Crippen molar-refractivity contribution in [3.8, 4) is 0 Å². The first kappa shape index (κ1) is 18.7. The zero-order valence-corrected chi connectivity index (χ0v) is 14.4. The predicted molar refractivity (Wildman–Crippen MR) is 86.3 cm³/mol. The van der Waals surface area contributed by atoms with Crippen LogP contribution in [0.25, 0.3) is 0 Å². The van der Waals surface area contributed by atoms with Gasteiger partial charge in [-0.05, 0) is 40.2 Å². The van der Waals surface area contributed by atoms with Crippen molar-refractivity contribution in [2.75, 3.05) is 6.61 Å². The second-order valence-corrected chi connectivity index (χ2v) is 5.44. The van der Waals surface area contributed by atoms with E-state index in [1.807, 2.05) is 39.2 Å². The molecule has 1 rings (SSSR count). The summed E-state index contributed by atoms with van der Waals surface area (Å²) in [6, 6.07) is 1.10. The van der Waals surface area contributed by atoms with E-state index in [4.69, 9.17) is 4.74 Å². The van der Waals surface area contributed by atoms with Crippen LogP contribution in [-0.4, -0.2) is 35.1 Å². The number of urea groups is 1. The molecule has 0 aliphatic carbocycles. The minimum absolute atomic E-state index is 0.0372. The van der Waals surface area contributed by atoms with Crippen LogP contribution in [0.4, 0.5) is 4.79 Å². The van der Waals surface area contributed by atoms with Gasteiger partial charge in [0, 0.05) is 24.0 Å². The molecule has 128 valence electrons. The Morgan fingerprint density at radius 1 is 1.26 bits per heavy atom. The molecule has 0 saturated carbocycles. The first-order valence-electron chi connectivity index (χ1n) is 7.74. The van der Waals surface area contributed by atoms with E-state index >= 15 is 0 Å². The van der Waals surface area contributed by atoms with Crippen LogP contribution in [0.1, 0.15) is 48.9 Å². The highest BCUT2D eigenvalue weighted by atomic mass is 16.5. The molecule has 7 heteroatoms. The molecule has 0 fully saturated rings. The first-order chi connectivity index (χ1) is 10.8. The lowest BCUT2D eigenvalue weighted by Crippen LogP contribution is -2.44. The van der Waals surface area contributed by atoms with Crippen LogP contribution in [0, 0.1) is 13.8 Å². The molecule has 0 bridgehead atoms. The Morgan fingerprint density at radius 2 is 1.91 bits per heavy atom. The molecule has 1 heterocycles. The Labute approximate surface area is 136 Å². The molecule has 0 radical (unpaired) electrons. The van der Waals surface area contributed by atoms with E-state index in [-0.39, 0.29) is 6.04 Å². The summed E-state index contributed by atoms with van der Waals surface area (Å²) in [7, 11) is 0. The predicted octanol–water partition coefficient (Wildman–Crippen LogP) is 1.91. The molecular weight excluding hydrogens is 298 g/mol. The summed E-state index contributed by atoms with van der Waals surface area (Å²) in [4.78, 5) is 35.2. The van der Waals surface area contributed by atoms with Crippen molar-refractivity contribution in [2.45, 2.75) is 53.6 Å². The molecule has 1 atom stereocenters. The molecule has 2 N–H and O–H groups in total. The van der Waals surface area contributed by atoms with Crippen molar-refractivity contribution in [3.05, 3.63) is 23.0 Å². The van der Waals surface area contributed by atoms with Gasteiger partial charge in [0.2, 0.25) is 0 Å². The fourth-order valence-electron chi connectivity index (χ4n) is 2.23. The molecule has 0 aliphatic rings. The normalized spacial score (nSPS) is 11.7. The Balaban J connectivity index is 2.53. The van der Waals surface area contributed by atoms with Crippen molar-refractivity contribution in [1.29, 1.82) is 0 Å². The van der Waals surface area contributed by atoms with Crippen molar-refractivity contribution in [3.63, 3.8) is 0 Å². The molecule has 23 heavy (non-hydrogen) atoms. The Morgan fingerprint density at radius 3 is 2.43 bits per heavy atom. The molecule has 0 spiro atoms. The van der Waals surface area contributed by atoms with E-state index in [2.05, 4.69) is 10.6 Å². The smallest absolute Gasteiger partial charge is 0.340 e. The van der Waals surface area contributed by atoms with Gasteiger partial charge in [0.15, 0.2) is 6.61 Å². The molecular formula is C16H25N3O4. The lowest BCUT2D eigenvalue weighted by Gasteiger charge is -2.11. The van der Waals surface area contributed by atoms with Gasteiger partial charge in [0.1, 0.15) is 0 Å². The highest BCUT2D eigenvalue weighted by molar-refractivity contribution is 5.97. The van der Waals surface area contributed by atoms with E-state index in [0.717, 1.165) is 24.4 Å². The summed E-state index contributed by atoms with van der Waals surface area (Å²) in [6.07, 6.45) is 0.754. The summed E-state index contributed by atoms with van der Waals surface area (Å²) in [5.41, 5.74) is 2.18. The molecule has 0 unspecified atom stereocenters. The number of imide groups is 1. The van der Waals surface area contributed by atoms with Gasteiger partial charge in [0.05, 0.1) is 5.56 Å². The number of nitrogens with one attached hydrogen (secondary N) is 2. The summed E-state index contributed by atoms with van der Waals surface area (Å²) < 4.78 is 6.95. The third-order valence-electron chi connectivity index (χ3n) is 3.69. The van der Waals surface area contributed by atoms with Crippen LogP contribution < -0.4 is 10.6 Å². The molecule has 0 aliphatic heterocycles. The van der Waals surface area contributed by atoms with Crippen LogP contribution in [-0.2, 0) is 16.1 Å². The van der Waals surface area contributed by atoms with E-state index in [1.165, 1.54) is 0 Å². The number of rotatable bonds is 6. The number of esters is 1. The summed E-state index contributed by atoms with van der Waals surface area (Å²) in [5, 5.41) is 4.72. The number of carbonyl (C=O) groups excluding carboxylic acids is 3. The minimum Gasteiger partial charge on any atom is -0.452 e. The monoisotopic (exact) mass is 323 g/mol. The molecule has 0 aromatic carbocycles. The molecule has 1 aromatic rings. The molecule has 1 aromatic heterocycles. The van der Waals surface area contributed by atoms with Crippen LogP contribution >= 0.6 is 0 Å². The van der Waals surface area contributed by atoms with Gasteiger partial charge in [-0.15, -0.1) is 0 Å². The summed E-state index contributed by atoms with van der Waals surface area (Å²) in [6.45, 7) is 9.71. The van der Waals surface area contributed by atoms with Crippen LogP contribution in [0.5, 0.6) is 0 Å². The first-order valence-corrected chi connectivity index (χ1v) is 7.74. The highest BCUT2D eigenvalue weighted by Crippen LogP contribution is 2.15. The highest BCUT2D eigenvalue weighted by Gasteiger charge is 2.18. The van der Waals surface area contributed by atoms with E-state index in [0.29, 0.717) is 5.56 Å². The van der Waals surface area contributed by atoms with Crippen LogP contribution in [0.3, 0.4) is 0 Å². The van der Waals surface area contributed by atoms with Gasteiger partial charge < -0.3 is 14.6 Å². The van der Waals surface area contributed by atoms with Gasteiger partial charge in [-0.3, -0.25) is 10.1 Å². The van der Waals surface area contributed by atoms with Crippen LogP contribution in [0.2, 0.25) is 0 Å². The maximum absolute atomic E-state index is 12.0. The quantitative estimate of drug-likeness (QED) is 0.783. The third-order valence-corrected chi connectivity index (χ3v) is 3.69. The molecule has 7 nitrogen and oxygen atoms in total. The number of aryl methyl sites for hydroxylation is 1. The van der Waals surface area contributed by atoms with E-state index in [9.17, 15) is 14.4 Å². The Hall–Kier alpha value is -2.31. The van der Waals surface area contributed by atoms with E-state index in [1.54, 1.807) is 6.07 Å². The van der Waals surface area contributed by atoms with Gasteiger partial charge in [-0.1, -0.05) is 6.92 Å². The second kappa shape index (κ2) is 8.36. The number of aromatic nitrogens is 1. The Kier molecular flexibility index (Phi) is 6.81. The number of amides is 3. The maximum Gasteiger partial charge on any atom is 0.340 e. The van der Waals surface area contributed by atoms with Crippen molar-refractivity contribution in [1.82, 2.24) is 15.2 Å². The number of hydrogen-bond donors (Lipinski definition) is 2. The Bertz CT molecular complexity index is 592. The fraction of sp³-hybridized carbons (Fsp3) is 0.562. The van der Waals surface area contributed by atoms with Gasteiger partial charge >= 0.3 is 12.0 Å². The molecule has 0 saturated heterocycles. The van der Waals surface area contributed by atoms with Gasteiger partial charge in [-0.25, -0.2) is 9.59 Å². The topological polar surface area (TPSA) is 89.4 Å². The number of hydrogen-bond acceptors (Lipinski definition) is 4. The summed E-state index contributed by atoms with van der Waals surface area (Å²) >= 11 is 0. The number of carbonyl (C=O) groups is 3. The SMILES string of the molecule is CC[C@H](C)NC(=O)NC(=O)COC(=O)c1cc(C)n(CC)c1C. The fourth-order valence-corrected chi connectivity index (χ4v) is 2.23. The van der Waals surface area contributed by atoms with Crippen molar-refractivity contribution in [2.24, 2.45) is 0 Å². The average Bonchev–Trinajstić information content (AvgIpc) is 2.78. The standard InChI is InChI=1S/C16H25N3O4/c1-6-10(3)17-16(22)18-14(20)9-23-15(21)13-8-11(4)19(7-2)12(13)5/h8,10H,6-7,9H2,1-5H3,(H2,17,18,20,22)/t10-/m0/s1. The van der Waals surface area contributed by atoms with Crippen molar-refractivity contribution < 1.29 is 19.1 Å². The zero-order chi connectivity index (χ0) is 17.6. The third kappa shape index (κ3) is 5.12. The van der Waals surface area contributed by atoms with E-state index < -0.39 is 24.5 Å². The molecule has 3 amide bonds. The second-order valence-electron chi connectivity index (χ2n) is 5.44. The number of ether oxygens (including phenoxy) is 1. The lowest BCUT2D eigenvalue weighted by atomic mass is 10.2. The maximum atomic E-state index is 12.0. The van der Waals surface area contributed by atoms with Gasteiger partial charge in [-0.2, -0.15) is 0 Å². The lowest BCUT2D eigenvalue weighted by molar-refractivity contribution is -0.123. The van der Waals surface area contributed by atoms with Crippen molar-refractivity contribution >= 4 is 17.9 Å². The minimum atomic E-state index is -0.663. The van der Waals surface area contributed by atoms with Crippen LogP contribution in [0.15, 0.2) is 6.07 Å². The number of nitrogens with zero attached hydrogens (tertiary/aromatic N) is 1. The summed E-state index contributed by atoms with van der Waals surface area (Å²) in [5.74, 6) is -1.24.